The van der Waals surface area contributed by atoms with Crippen molar-refractivity contribution in [1.29, 1.82) is 0 Å². The second kappa shape index (κ2) is 5.16. The minimum atomic E-state index is 0.496. The largest absolute Gasteiger partial charge is 0.475 e. The van der Waals surface area contributed by atoms with Crippen LogP contribution in [0.25, 0.3) is 0 Å². The van der Waals surface area contributed by atoms with E-state index >= 15 is 0 Å². The van der Waals surface area contributed by atoms with Gasteiger partial charge in [0.25, 0.3) is 0 Å². The van der Waals surface area contributed by atoms with Crippen LogP contribution in [0.1, 0.15) is 19.3 Å². The molecule has 4 nitrogen and oxygen atoms in total. The van der Waals surface area contributed by atoms with Gasteiger partial charge in [-0.15, -0.1) is 0 Å². The van der Waals surface area contributed by atoms with Crippen molar-refractivity contribution in [2.45, 2.75) is 25.3 Å². The molecule has 4 heteroatoms. The van der Waals surface area contributed by atoms with E-state index in [0.717, 1.165) is 6.54 Å². The molecule has 0 aliphatic carbocycles. The van der Waals surface area contributed by atoms with E-state index in [-0.39, 0.29) is 0 Å². The van der Waals surface area contributed by atoms with E-state index in [0.29, 0.717) is 24.2 Å². The topological polar surface area (TPSA) is 51.4 Å². The third-order valence-electron chi connectivity index (χ3n) is 3.13. The fourth-order valence-electron chi connectivity index (χ4n) is 2.05. The zero-order valence-electron chi connectivity index (χ0n) is 9.72. The first-order chi connectivity index (χ1) is 7.77. The molecule has 0 amide bonds. The van der Waals surface area contributed by atoms with Crippen LogP contribution >= 0.6 is 0 Å². The van der Waals surface area contributed by atoms with Gasteiger partial charge in [-0.1, -0.05) is 6.42 Å². The van der Waals surface area contributed by atoms with Gasteiger partial charge in [0.05, 0.1) is 5.69 Å². The van der Waals surface area contributed by atoms with Gasteiger partial charge in [-0.2, -0.15) is 0 Å². The first-order valence-electron chi connectivity index (χ1n) is 5.81. The number of pyridine rings is 1. The van der Waals surface area contributed by atoms with E-state index in [2.05, 4.69) is 16.9 Å². The zero-order chi connectivity index (χ0) is 11.4. The first kappa shape index (κ1) is 11.2. The molecule has 2 rings (SSSR count). The highest BCUT2D eigenvalue weighted by Crippen LogP contribution is 2.19. The SMILES string of the molecule is CN1CCCCC1COc1ncccc1N. The molecule has 0 aromatic carbocycles. The van der Waals surface area contributed by atoms with Crippen molar-refractivity contribution < 1.29 is 4.74 Å². The van der Waals surface area contributed by atoms with Crippen LogP contribution in [0.3, 0.4) is 0 Å². The van der Waals surface area contributed by atoms with Crippen molar-refractivity contribution in [1.82, 2.24) is 9.88 Å². The average molecular weight is 221 g/mol. The lowest BCUT2D eigenvalue weighted by Crippen LogP contribution is -2.40. The molecule has 1 fully saturated rings. The van der Waals surface area contributed by atoms with Gasteiger partial charge in [0, 0.05) is 12.2 Å². The van der Waals surface area contributed by atoms with Crippen molar-refractivity contribution in [3.8, 4) is 5.88 Å². The highest BCUT2D eigenvalue weighted by atomic mass is 16.5. The number of anilines is 1. The molecule has 0 bridgehead atoms. The van der Waals surface area contributed by atoms with Crippen LogP contribution in [0.4, 0.5) is 5.69 Å². The van der Waals surface area contributed by atoms with Gasteiger partial charge in [0.1, 0.15) is 6.61 Å². The molecule has 2 heterocycles. The lowest BCUT2D eigenvalue weighted by Gasteiger charge is -2.32. The van der Waals surface area contributed by atoms with Crippen molar-refractivity contribution in [2.24, 2.45) is 0 Å². The Hall–Kier alpha value is -1.29. The van der Waals surface area contributed by atoms with Crippen molar-refractivity contribution in [2.75, 3.05) is 25.9 Å². The Labute approximate surface area is 96.4 Å². The Bertz CT molecular complexity index is 343. The number of rotatable bonds is 3. The van der Waals surface area contributed by atoms with Gasteiger partial charge >= 0.3 is 0 Å². The molecule has 1 aromatic rings. The summed E-state index contributed by atoms with van der Waals surface area (Å²) in [5.74, 6) is 0.557. The maximum Gasteiger partial charge on any atom is 0.237 e. The number of nitrogens with two attached hydrogens (primary N) is 1. The summed E-state index contributed by atoms with van der Waals surface area (Å²) in [7, 11) is 2.15. The summed E-state index contributed by atoms with van der Waals surface area (Å²) in [6.45, 7) is 1.84. The number of ether oxygens (including phenoxy) is 1. The third kappa shape index (κ3) is 2.64. The Morgan fingerprint density at radius 3 is 3.19 bits per heavy atom. The van der Waals surface area contributed by atoms with E-state index in [4.69, 9.17) is 10.5 Å². The number of hydrogen-bond acceptors (Lipinski definition) is 4. The molecular weight excluding hydrogens is 202 g/mol. The average Bonchev–Trinajstić information content (AvgIpc) is 2.30. The first-order valence-corrected chi connectivity index (χ1v) is 5.81. The van der Waals surface area contributed by atoms with Crippen molar-refractivity contribution in [3.05, 3.63) is 18.3 Å². The standard InChI is InChI=1S/C12H19N3O/c1-15-8-3-2-5-10(15)9-16-12-11(13)6-4-7-14-12/h4,6-7,10H,2-3,5,8-9,13H2,1H3. The number of nitrogen functional groups attached to an aromatic ring is 1. The normalized spacial score (nSPS) is 21.9. The molecule has 1 aromatic heterocycles. The van der Waals surface area contributed by atoms with Crippen molar-refractivity contribution >= 4 is 5.69 Å². The summed E-state index contributed by atoms with van der Waals surface area (Å²) in [5, 5.41) is 0. The van der Waals surface area contributed by atoms with Crippen molar-refractivity contribution in [3.63, 3.8) is 0 Å². The molecule has 1 atom stereocenters. The fraction of sp³-hybridized carbons (Fsp3) is 0.583. The summed E-state index contributed by atoms with van der Waals surface area (Å²) >= 11 is 0. The maximum atomic E-state index is 5.77. The van der Waals surface area contributed by atoms with Crippen LogP contribution in [0.15, 0.2) is 18.3 Å². The van der Waals surface area contributed by atoms with Crippen LogP contribution in [0.2, 0.25) is 0 Å². The summed E-state index contributed by atoms with van der Waals surface area (Å²) in [6.07, 6.45) is 5.48. The van der Waals surface area contributed by atoms with Gasteiger partial charge in [0.2, 0.25) is 5.88 Å². The molecule has 1 aliphatic rings. The van der Waals surface area contributed by atoms with Gasteiger partial charge in [-0.05, 0) is 38.6 Å². The Balaban J connectivity index is 1.89. The molecule has 88 valence electrons. The lowest BCUT2D eigenvalue weighted by atomic mass is 10.0. The maximum absolute atomic E-state index is 5.77. The third-order valence-corrected chi connectivity index (χ3v) is 3.13. The second-order valence-electron chi connectivity index (χ2n) is 4.34. The van der Waals surface area contributed by atoms with Crippen LogP contribution in [0.5, 0.6) is 5.88 Å². The zero-order valence-corrected chi connectivity index (χ0v) is 9.72. The van der Waals surface area contributed by atoms with Gasteiger partial charge in [0.15, 0.2) is 0 Å². The van der Waals surface area contributed by atoms with Gasteiger partial charge in [-0.25, -0.2) is 4.98 Å². The number of likely N-dealkylation sites (N-methyl/N-ethyl adjacent to an activating group) is 1. The van der Waals surface area contributed by atoms with Crippen LogP contribution in [-0.2, 0) is 0 Å². The predicted molar refractivity (Wildman–Crippen MR) is 64.4 cm³/mol. The molecule has 16 heavy (non-hydrogen) atoms. The Morgan fingerprint density at radius 2 is 2.44 bits per heavy atom. The summed E-state index contributed by atoms with van der Waals surface area (Å²) in [4.78, 5) is 6.47. The molecule has 1 aliphatic heterocycles. The Kier molecular flexibility index (Phi) is 3.62. The predicted octanol–water partition coefficient (Wildman–Crippen LogP) is 1.53. The van der Waals surface area contributed by atoms with E-state index in [1.165, 1.54) is 19.3 Å². The van der Waals surface area contributed by atoms with E-state index < -0.39 is 0 Å². The van der Waals surface area contributed by atoms with Crippen LogP contribution < -0.4 is 10.5 Å². The minimum Gasteiger partial charge on any atom is -0.475 e. The minimum absolute atomic E-state index is 0.496. The quantitative estimate of drug-likeness (QED) is 0.841. The van der Waals surface area contributed by atoms with Crippen LogP contribution in [0, 0.1) is 0 Å². The smallest absolute Gasteiger partial charge is 0.237 e. The highest BCUT2D eigenvalue weighted by Gasteiger charge is 2.19. The second-order valence-corrected chi connectivity index (χ2v) is 4.34. The monoisotopic (exact) mass is 221 g/mol. The summed E-state index contributed by atoms with van der Waals surface area (Å²) in [6, 6.07) is 4.12. The summed E-state index contributed by atoms with van der Waals surface area (Å²) in [5.41, 5.74) is 6.38. The van der Waals surface area contributed by atoms with E-state index in [1.54, 1.807) is 6.20 Å². The lowest BCUT2D eigenvalue weighted by molar-refractivity contribution is 0.123. The Morgan fingerprint density at radius 1 is 1.56 bits per heavy atom. The molecule has 1 saturated heterocycles. The molecular formula is C12H19N3O. The highest BCUT2D eigenvalue weighted by molar-refractivity contribution is 5.46. The summed E-state index contributed by atoms with van der Waals surface area (Å²) < 4.78 is 5.67. The van der Waals surface area contributed by atoms with Gasteiger partial charge < -0.3 is 15.4 Å². The number of hydrogen-bond donors (Lipinski definition) is 1. The number of nitrogens with zero attached hydrogens (tertiary/aromatic N) is 2. The number of piperidine rings is 1. The molecule has 1 unspecified atom stereocenters. The molecule has 0 radical (unpaired) electrons. The van der Waals surface area contributed by atoms with E-state index in [1.807, 2.05) is 12.1 Å². The van der Waals surface area contributed by atoms with Gasteiger partial charge in [-0.3, -0.25) is 0 Å². The fourth-order valence-corrected chi connectivity index (χ4v) is 2.05. The molecule has 0 spiro atoms. The number of likely N-dealkylation sites (tertiary alicyclic amines) is 1. The molecule has 2 N–H and O–H groups in total. The van der Waals surface area contributed by atoms with Crippen LogP contribution in [-0.4, -0.2) is 36.1 Å². The number of aromatic nitrogens is 1. The molecule has 0 saturated carbocycles. The van der Waals surface area contributed by atoms with E-state index in [9.17, 15) is 0 Å².